The van der Waals surface area contributed by atoms with Crippen LogP contribution in [0.4, 0.5) is 5.00 Å². The number of nitrogens with one attached hydrogen (secondary N) is 1. The minimum atomic E-state index is -0.657. The zero-order chi connectivity index (χ0) is 25.4. The lowest BCUT2D eigenvalue weighted by Gasteiger charge is -2.10. The second kappa shape index (κ2) is 11.7. The zero-order valence-corrected chi connectivity index (χ0v) is 20.5. The largest absolute Gasteiger partial charge is 0.497 e. The van der Waals surface area contributed by atoms with Crippen molar-refractivity contribution >= 4 is 34.3 Å². The molecule has 180 valence electrons. The number of nitrogens with zero attached hydrogens (tertiary/aromatic N) is 1. The fraction of sp³-hybridized carbons (Fsp3) is 0.192. The normalized spacial score (nSPS) is 10.8. The highest BCUT2D eigenvalue weighted by Crippen LogP contribution is 2.37. The van der Waals surface area contributed by atoms with Gasteiger partial charge in [0.1, 0.15) is 28.0 Å². The standard InChI is InChI=1S/C26H24N2O6S/c1-5-34-26(30)23-20(17-7-9-19(31-2)10-8-17)15-35-25(23)28-24(29)18(14-27)12-16-6-11-21(32-3)22(13-16)33-4/h6-13,15H,5H2,1-4H3,(H,28,29)/b18-12+. The van der Waals surface area contributed by atoms with Crippen LogP contribution >= 0.6 is 11.3 Å². The highest BCUT2D eigenvalue weighted by Gasteiger charge is 2.24. The van der Waals surface area contributed by atoms with E-state index in [1.165, 1.54) is 31.6 Å². The number of methoxy groups -OCH3 is 3. The molecule has 0 atom stereocenters. The van der Waals surface area contributed by atoms with Crippen LogP contribution in [0.25, 0.3) is 17.2 Å². The number of benzene rings is 2. The summed E-state index contributed by atoms with van der Waals surface area (Å²) in [6.07, 6.45) is 1.43. The Labute approximate surface area is 207 Å². The van der Waals surface area contributed by atoms with Gasteiger partial charge in [-0.05, 0) is 48.4 Å². The van der Waals surface area contributed by atoms with Gasteiger partial charge in [0, 0.05) is 10.9 Å². The summed E-state index contributed by atoms with van der Waals surface area (Å²) in [5, 5.41) is 14.4. The summed E-state index contributed by atoms with van der Waals surface area (Å²) in [5.74, 6) is 0.435. The molecule has 0 spiro atoms. The maximum atomic E-state index is 13.0. The van der Waals surface area contributed by atoms with Crippen LogP contribution in [0.3, 0.4) is 0 Å². The minimum absolute atomic E-state index is 0.147. The van der Waals surface area contributed by atoms with E-state index in [0.29, 0.717) is 28.4 Å². The SMILES string of the molecule is CCOC(=O)c1c(-c2ccc(OC)cc2)csc1NC(=O)/C(C#N)=C/c1ccc(OC)c(OC)c1. The Morgan fingerprint density at radius 2 is 1.74 bits per heavy atom. The second-order valence-corrected chi connectivity index (χ2v) is 7.92. The number of rotatable bonds is 9. The van der Waals surface area contributed by atoms with Gasteiger partial charge in [-0.25, -0.2) is 4.79 Å². The van der Waals surface area contributed by atoms with E-state index in [1.807, 2.05) is 18.2 Å². The molecule has 0 radical (unpaired) electrons. The van der Waals surface area contributed by atoms with Crippen LogP contribution in [-0.4, -0.2) is 39.8 Å². The van der Waals surface area contributed by atoms with E-state index in [1.54, 1.807) is 49.7 Å². The molecule has 0 aliphatic rings. The van der Waals surface area contributed by atoms with Crippen molar-refractivity contribution in [3.05, 3.63) is 64.5 Å². The number of carbonyl (C=O) groups is 2. The lowest BCUT2D eigenvalue weighted by atomic mass is 10.0. The number of nitriles is 1. The first kappa shape index (κ1) is 25.3. The van der Waals surface area contributed by atoms with E-state index in [2.05, 4.69) is 5.32 Å². The maximum Gasteiger partial charge on any atom is 0.341 e. The number of thiophene rings is 1. The third kappa shape index (κ3) is 5.80. The molecule has 0 aliphatic heterocycles. The van der Waals surface area contributed by atoms with Crippen LogP contribution in [0.1, 0.15) is 22.8 Å². The van der Waals surface area contributed by atoms with Gasteiger partial charge in [-0.15, -0.1) is 11.3 Å². The van der Waals surface area contributed by atoms with E-state index in [0.717, 1.165) is 5.56 Å². The van der Waals surface area contributed by atoms with Gasteiger partial charge in [0.25, 0.3) is 5.91 Å². The molecular formula is C26H24N2O6S. The predicted molar refractivity (Wildman–Crippen MR) is 134 cm³/mol. The molecule has 1 amide bonds. The smallest absolute Gasteiger partial charge is 0.341 e. The molecule has 8 nitrogen and oxygen atoms in total. The van der Waals surface area contributed by atoms with Crippen LogP contribution in [0.5, 0.6) is 17.2 Å². The van der Waals surface area contributed by atoms with E-state index in [-0.39, 0.29) is 22.7 Å². The molecule has 2 aromatic carbocycles. The average Bonchev–Trinajstić information content (AvgIpc) is 3.30. The third-order valence-electron chi connectivity index (χ3n) is 4.98. The van der Waals surface area contributed by atoms with Gasteiger partial charge in [-0.2, -0.15) is 5.26 Å². The number of anilines is 1. The first-order valence-electron chi connectivity index (χ1n) is 10.5. The van der Waals surface area contributed by atoms with E-state index < -0.39 is 11.9 Å². The molecule has 0 aliphatic carbocycles. The number of hydrogen-bond donors (Lipinski definition) is 1. The van der Waals surface area contributed by atoms with Gasteiger partial charge in [-0.1, -0.05) is 18.2 Å². The number of esters is 1. The lowest BCUT2D eigenvalue weighted by Crippen LogP contribution is -2.16. The summed E-state index contributed by atoms with van der Waals surface area (Å²) >= 11 is 1.17. The molecule has 3 aromatic rings. The molecule has 35 heavy (non-hydrogen) atoms. The Hall–Kier alpha value is -4.29. The molecule has 0 bridgehead atoms. The Bertz CT molecular complexity index is 1290. The van der Waals surface area contributed by atoms with Gasteiger partial charge < -0.3 is 24.3 Å². The molecule has 1 N–H and O–H groups in total. The first-order chi connectivity index (χ1) is 16.9. The van der Waals surface area contributed by atoms with Crippen LogP contribution in [-0.2, 0) is 9.53 Å². The van der Waals surface area contributed by atoms with Gasteiger partial charge in [0.2, 0.25) is 0 Å². The summed E-state index contributed by atoms with van der Waals surface area (Å²) < 4.78 is 20.9. The summed E-state index contributed by atoms with van der Waals surface area (Å²) in [7, 11) is 4.58. The van der Waals surface area contributed by atoms with Crippen molar-refractivity contribution in [2.75, 3.05) is 33.3 Å². The van der Waals surface area contributed by atoms with Crippen molar-refractivity contribution in [1.29, 1.82) is 5.26 Å². The fourth-order valence-corrected chi connectivity index (χ4v) is 4.22. The lowest BCUT2D eigenvalue weighted by molar-refractivity contribution is -0.112. The van der Waals surface area contributed by atoms with Gasteiger partial charge >= 0.3 is 5.97 Å². The Morgan fingerprint density at radius 1 is 1.03 bits per heavy atom. The Morgan fingerprint density at radius 3 is 2.34 bits per heavy atom. The Balaban J connectivity index is 1.95. The van der Waals surface area contributed by atoms with Crippen molar-refractivity contribution < 1.29 is 28.5 Å². The van der Waals surface area contributed by atoms with Crippen molar-refractivity contribution in [1.82, 2.24) is 0 Å². The maximum absolute atomic E-state index is 13.0. The van der Waals surface area contributed by atoms with Crippen LogP contribution < -0.4 is 19.5 Å². The van der Waals surface area contributed by atoms with Gasteiger partial charge in [-0.3, -0.25) is 4.79 Å². The number of carbonyl (C=O) groups excluding carboxylic acids is 2. The summed E-state index contributed by atoms with van der Waals surface area (Å²) in [6.45, 7) is 1.88. The van der Waals surface area contributed by atoms with E-state index in [4.69, 9.17) is 18.9 Å². The monoisotopic (exact) mass is 492 g/mol. The second-order valence-electron chi connectivity index (χ2n) is 7.04. The summed E-state index contributed by atoms with van der Waals surface area (Å²) in [4.78, 5) is 25.8. The van der Waals surface area contributed by atoms with Crippen molar-refractivity contribution in [3.8, 4) is 34.4 Å². The highest BCUT2D eigenvalue weighted by atomic mass is 32.1. The Kier molecular flexibility index (Phi) is 8.48. The molecule has 0 unspecified atom stereocenters. The van der Waals surface area contributed by atoms with E-state index in [9.17, 15) is 14.9 Å². The highest BCUT2D eigenvalue weighted by molar-refractivity contribution is 7.15. The molecular weight excluding hydrogens is 468 g/mol. The first-order valence-corrected chi connectivity index (χ1v) is 11.4. The predicted octanol–water partition coefficient (Wildman–Crippen LogP) is 5.16. The molecule has 1 heterocycles. The number of amides is 1. The molecule has 0 saturated heterocycles. The fourth-order valence-electron chi connectivity index (χ4n) is 3.27. The van der Waals surface area contributed by atoms with Crippen molar-refractivity contribution in [3.63, 3.8) is 0 Å². The number of hydrogen-bond acceptors (Lipinski definition) is 8. The summed E-state index contributed by atoms with van der Waals surface area (Å²) in [5.41, 5.74) is 2.01. The molecule has 0 fully saturated rings. The topological polar surface area (TPSA) is 107 Å². The minimum Gasteiger partial charge on any atom is -0.497 e. The average molecular weight is 493 g/mol. The molecule has 0 saturated carbocycles. The molecule has 9 heteroatoms. The summed E-state index contributed by atoms with van der Waals surface area (Å²) in [6, 6.07) is 14.1. The van der Waals surface area contributed by atoms with Crippen LogP contribution in [0.15, 0.2) is 53.4 Å². The van der Waals surface area contributed by atoms with E-state index >= 15 is 0 Å². The zero-order valence-electron chi connectivity index (χ0n) is 19.7. The van der Waals surface area contributed by atoms with Gasteiger partial charge in [0.05, 0.1) is 27.9 Å². The molecule has 3 rings (SSSR count). The quantitative estimate of drug-likeness (QED) is 0.250. The number of ether oxygens (including phenoxy) is 4. The van der Waals surface area contributed by atoms with Crippen molar-refractivity contribution in [2.45, 2.75) is 6.92 Å². The van der Waals surface area contributed by atoms with Crippen LogP contribution in [0.2, 0.25) is 0 Å². The van der Waals surface area contributed by atoms with Crippen LogP contribution in [0, 0.1) is 11.3 Å². The van der Waals surface area contributed by atoms with Gasteiger partial charge in [0.15, 0.2) is 11.5 Å². The molecule has 1 aromatic heterocycles. The third-order valence-corrected chi connectivity index (χ3v) is 5.88. The van der Waals surface area contributed by atoms with Crippen molar-refractivity contribution in [2.24, 2.45) is 0 Å².